The summed E-state index contributed by atoms with van der Waals surface area (Å²) < 4.78 is 27.6. The maximum atomic E-state index is 13.8. The van der Waals surface area contributed by atoms with E-state index in [1.807, 2.05) is 0 Å². The van der Waals surface area contributed by atoms with Crippen molar-refractivity contribution in [2.24, 2.45) is 11.8 Å². The van der Waals surface area contributed by atoms with Gasteiger partial charge in [0.2, 0.25) is 0 Å². The number of nitrogens with one attached hydrogen (secondary N) is 1. The minimum atomic E-state index is -0.419. The van der Waals surface area contributed by atoms with Crippen molar-refractivity contribution in [2.75, 3.05) is 6.54 Å². The van der Waals surface area contributed by atoms with Gasteiger partial charge >= 0.3 is 0 Å². The van der Waals surface area contributed by atoms with Gasteiger partial charge in [0, 0.05) is 11.6 Å². The van der Waals surface area contributed by atoms with Gasteiger partial charge < -0.3 is 5.32 Å². The first-order valence-corrected chi connectivity index (χ1v) is 7.81. The fourth-order valence-electron chi connectivity index (χ4n) is 3.46. The molecule has 1 aromatic carbocycles. The Morgan fingerprint density at radius 3 is 2.45 bits per heavy atom. The lowest BCUT2D eigenvalue weighted by Crippen LogP contribution is -2.37. The van der Waals surface area contributed by atoms with Crippen LogP contribution in [-0.2, 0) is 6.42 Å². The third-order valence-electron chi connectivity index (χ3n) is 4.68. The van der Waals surface area contributed by atoms with Crippen molar-refractivity contribution in [1.82, 2.24) is 5.32 Å². The van der Waals surface area contributed by atoms with Crippen molar-refractivity contribution in [2.45, 2.75) is 52.0 Å². The van der Waals surface area contributed by atoms with Crippen LogP contribution in [0.4, 0.5) is 8.78 Å². The lowest BCUT2D eigenvalue weighted by Gasteiger charge is -2.25. The summed E-state index contributed by atoms with van der Waals surface area (Å²) in [6.07, 6.45) is 5.27. The monoisotopic (exact) mass is 281 g/mol. The summed E-state index contributed by atoms with van der Waals surface area (Å²) in [5, 5.41) is 3.44. The summed E-state index contributed by atoms with van der Waals surface area (Å²) in [5.74, 6) is 0.487. The van der Waals surface area contributed by atoms with Crippen molar-refractivity contribution in [3.8, 4) is 0 Å². The van der Waals surface area contributed by atoms with Crippen molar-refractivity contribution in [3.63, 3.8) is 0 Å². The van der Waals surface area contributed by atoms with Crippen LogP contribution in [0, 0.1) is 23.5 Å². The number of rotatable bonds is 6. The molecular weight excluding hydrogens is 256 g/mol. The van der Waals surface area contributed by atoms with Gasteiger partial charge in [-0.15, -0.1) is 0 Å². The van der Waals surface area contributed by atoms with Gasteiger partial charge in [0.25, 0.3) is 0 Å². The molecule has 0 bridgehead atoms. The van der Waals surface area contributed by atoms with Crippen molar-refractivity contribution in [1.29, 1.82) is 0 Å². The summed E-state index contributed by atoms with van der Waals surface area (Å²) >= 11 is 0. The van der Waals surface area contributed by atoms with E-state index in [2.05, 4.69) is 19.2 Å². The fourth-order valence-corrected chi connectivity index (χ4v) is 3.46. The molecule has 2 rings (SSSR count). The van der Waals surface area contributed by atoms with Crippen molar-refractivity contribution in [3.05, 3.63) is 35.4 Å². The van der Waals surface area contributed by atoms with Gasteiger partial charge in [0.15, 0.2) is 0 Å². The lowest BCUT2D eigenvalue weighted by molar-refractivity contribution is 0.342. The van der Waals surface area contributed by atoms with Crippen LogP contribution < -0.4 is 5.32 Å². The number of likely N-dealkylation sites (N-methyl/N-ethyl adjacent to an activating group) is 1. The molecule has 3 heteroatoms. The maximum absolute atomic E-state index is 13.8. The van der Waals surface area contributed by atoms with Crippen LogP contribution in [0.1, 0.15) is 45.1 Å². The zero-order valence-corrected chi connectivity index (χ0v) is 12.5. The number of benzene rings is 1. The molecular formula is C17H25F2N. The largest absolute Gasteiger partial charge is 0.314 e. The highest BCUT2D eigenvalue weighted by molar-refractivity contribution is 5.21. The highest BCUT2D eigenvalue weighted by atomic mass is 19.1. The van der Waals surface area contributed by atoms with E-state index in [0.29, 0.717) is 12.3 Å². The van der Waals surface area contributed by atoms with E-state index in [-0.39, 0.29) is 11.6 Å². The molecule has 1 saturated carbocycles. The van der Waals surface area contributed by atoms with Gasteiger partial charge in [-0.25, -0.2) is 8.78 Å². The Morgan fingerprint density at radius 2 is 1.90 bits per heavy atom. The first-order chi connectivity index (χ1) is 9.65. The van der Waals surface area contributed by atoms with E-state index < -0.39 is 11.6 Å². The fraction of sp³-hybridized carbons (Fsp3) is 0.647. The SMILES string of the molecule is CCNC(Cc1c(F)cccc1F)C1CCC(CC)C1. The molecule has 3 atom stereocenters. The van der Waals surface area contributed by atoms with Crippen LogP contribution in [0.3, 0.4) is 0 Å². The molecule has 0 radical (unpaired) electrons. The third kappa shape index (κ3) is 3.57. The molecule has 0 heterocycles. The Hall–Kier alpha value is -0.960. The predicted molar refractivity (Wildman–Crippen MR) is 78.6 cm³/mol. The summed E-state index contributed by atoms with van der Waals surface area (Å²) in [7, 11) is 0. The quantitative estimate of drug-likeness (QED) is 0.819. The van der Waals surface area contributed by atoms with Crippen molar-refractivity contribution >= 4 is 0 Å². The van der Waals surface area contributed by atoms with Gasteiger partial charge in [0.05, 0.1) is 0 Å². The van der Waals surface area contributed by atoms with Crippen LogP contribution in [0.25, 0.3) is 0 Å². The van der Waals surface area contributed by atoms with Crippen LogP contribution >= 0.6 is 0 Å². The second kappa shape index (κ2) is 7.16. The topological polar surface area (TPSA) is 12.0 Å². The number of hydrogen-bond acceptors (Lipinski definition) is 1. The standard InChI is InChI=1S/C17H25F2N/c1-3-12-8-9-13(10-12)17(20-4-2)11-14-15(18)6-5-7-16(14)19/h5-7,12-13,17,20H,3-4,8-11H2,1-2H3. The van der Waals surface area contributed by atoms with E-state index >= 15 is 0 Å². The minimum absolute atomic E-state index is 0.183. The maximum Gasteiger partial charge on any atom is 0.129 e. The first kappa shape index (κ1) is 15.4. The summed E-state index contributed by atoms with van der Waals surface area (Å²) in [5.41, 5.74) is 0.235. The Labute approximate surface area is 120 Å². The molecule has 20 heavy (non-hydrogen) atoms. The molecule has 112 valence electrons. The zero-order chi connectivity index (χ0) is 14.5. The molecule has 0 aromatic heterocycles. The van der Waals surface area contributed by atoms with E-state index in [1.54, 1.807) is 0 Å². The van der Waals surface area contributed by atoms with E-state index in [0.717, 1.165) is 12.5 Å². The molecule has 1 N–H and O–H groups in total. The van der Waals surface area contributed by atoms with Crippen LogP contribution in [0.5, 0.6) is 0 Å². The van der Waals surface area contributed by atoms with Crippen LogP contribution in [0.15, 0.2) is 18.2 Å². The summed E-state index contributed by atoms with van der Waals surface area (Å²) in [6.45, 7) is 5.12. The van der Waals surface area contributed by atoms with Gasteiger partial charge in [-0.05, 0) is 49.8 Å². The normalized spacial score (nSPS) is 24.0. The van der Waals surface area contributed by atoms with Gasteiger partial charge in [-0.3, -0.25) is 0 Å². The molecule has 3 unspecified atom stereocenters. The second-order valence-corrected chi connectivity index (χ2v) is 5.92. The first-order valence-electron chi connectivity index (χ1n) is 7.81. The van der Waals surface area contributed by atoms with Gasteiger partial charge in [0.1, 0.15) is 11.6 Å². The smallest absolute Gasteiger partial charge is 0.129 e. The molecule has 0 amide bonds. The molecule has 1 fully saturated rings. The molecule has 0 spiro atoms. The average Bonchev–Trinajstić information content (AvgIpc) is 2.90. The Bertz CT molecular complexity index is 413. The average molecular weight is 281 g/mol. The Morgan fingerprint density at radius 1 is 1.20 bits per heavy atom. The lowest BCUT2D eigenvalue weighted by atomic mass is 9.90. The zero-order valence-electron chi connectivity index (χ0n) is 12.5. The van der Waals surface area contributed by atoms with Gasteiger partial charge in [-0.1, -0.05) is 32.8 Å². The Balaban J connectivity index is 2.09. The highest BCUT2D eigenvalue weighted by Gasteiger charge is 2.30. The number of hydrogen-bond donors (Lipinski definition) is 1. The van der Waals surface area contributed by atoms with E-state index in [1.165, 1.54) is 43.9 Å². The summed E-state index contributed by atoms with van der Waals surface area (Å²) in [6, 6.07) is 4.32. The summed E-state index contributed by atoms with van der Waals surface area (Å²) in [4.78, 5) is 0. The predicted octanol–water partition coefficient (Wildman–Crippen LogP) is 4.31. The second-order valence-electron chi connectivity index (χ2n) is 5.92. The number of halogens is 2. The third-order valence-corrected chi connectivity index (χ3v) is 4.68. The van der Waals surface area contributed by atoms with Gasteiger partial charge in [-0.2, -0.15) is 0 Å². The molecule has 1 nitrogen and oxygen atoms in total. The van der Waals surface area contributed by atoms with Crippen molar-refractivity contribution < 1.29 is 8.78 Å². The molecule has 1 aliphatic rings. The van der Waals surface area contributed by atoms with Crippen LogP contribution in [-0.4, -0.2) is 12.6 Å². The molecule has 1 aromatic rings. The molecule has 0 aliphatic heterocycles. The minimum Gasteiger partial charge on any atom is -0.314 e. The van der Waals surface area contributed by atoms with E-state index in [9.17, 15) is 8.78 Å². The van der Waals surface area contributed by atoms with E-state index in [4.69, 9.17) is 0 Å². The molecule has 0 saturated heterocycles. The highest BCUT2D eigenvalue weighted by Crippen LogP contribution is 2.36. The molecule has 1 aliphatic carbocycles. The van der Waals surface area contributed by atoms with Crippen LogP contribution in [0.2, 0.25) is 0 Å². The Kier molecular flexibility index (Phi) is 5.53.